The molecule has 28 heavy (non-hydrogen) atoms. The van der Waals surface area contributed by atoms with Crippen LogP contribution in [0.5, 0.6) is 0 Å². The van der Waals surface area contributed by atoms with Crippen molar-refractivity contribution >= 4 is 21.2 Å². The average Bonchev–Trinajstić information content (AvgIpc) is 2.54. The van der Waals surface area contributed by atoms with Gasteiger partial charge in [-0.3, -0.25) is 4.79 Å². The minimum atomic E-state index is -3.29. The van der Waals surface area contributed by atoms with Crippen molar-refractivity contribution in [1.29, 1.82) is 0 Å². The Bertz CT molecular complexity index is 825. The predicted molar refractivity (Wildman–Crippen MR) is 110 cm³/mol. The Balaban J connectivity index is 2.56. The van der Waals surface area contributed by atoms with Gasteiger partial charge in [-0.15, -0.1) is 0 Å². The van der Waals surface area contributed by atoms with Crippen LogP contribution in [0.15, 0.2) is 34.9 Å². The van der Waals surface area contributed by atoms with Crippen LogP contribution in [0.25, 0.3) is 5.57 Å². The number of ketones is 1. The molecule has 0 aromatic heterocycles. The van der Waals surface area contributed by atoms with E-state index in [0.29, 0.717) is 5.76 Å². The van der Waals surface area contributed by atoms with E-state index in [4.69, 9.17) is 4.74 Å². The second kappa shape index (κ2) is 8.78. The van der Waals surface area contributed by atoms with Gasteiger partial charge in [-0.2, -0.15) is 0 Å². The molecule has 1 aromatic carbocycles. The molecule has 2 rings (SSSR count). The highest BCUT2D eigenvalue weighted by Gasteiger charge is 2.34. The third kappa shape index (κ3) is 5.45. The van der Waals surface area contributed by atoms with Gasteiger partial charge in [0.15, 0.2) is 15.6 Å². The molecule has 1 saturated carbocycles. The van der Waals surface area contributed by atoms with Crippen LogP contribution in [0.3, 0.4) is 0 Å². The summed E-state index contributed by atoms with van der Waals surface area (Å²) in [5.74, 6) is 0.253. The largest absolute Gasteiger partial charge is 0.489 e. The molecule has 1 fully saturated rings. The normalized spacial score (nSPS) is 17.5. The molecule has 0 aliphatic heterocycles. The maximum Gasteiger partial charge on any atom is 0.200 e. The van der Waals surface area contributed by atoms with Gasteiger partial charge in [-0.05, 0) is 36.0 Å². The van der Waals surface area contributed by atoms with E-state index < -0.39 is 9.84 Å². The molecule has 1 unspecified atom stereocenters. The van der Waals surface area contributed by atoms with Crippen molar-refractivity contribution in [1.82, 2.24) is 0 Å². The summed E-state index contributed by atoms with van der Waals surface area (Å²) in [7, 11) is -3.29. The van der Waals surface area contributed by atoms with Gasteiger partial charge in [-0.1, -0.05) is 46.2 Å². The molecule has 0 radical (unpaired) electrons. The van der Waals surface area contributed by atoms with E-state index in [1.54, 1.807) is 24.3 Å². The third-order valence-electron chi connectivity index (χ3n) is 5.07. The number of benzene rings is 1. The molecule has 5 nitrogen and oxygen atoms in total. The maximum atomic E-state index is 13.2. The van der Waals surface area contributed by atoms with Crippen LogP contribution in [0.4, 0.5) is 0 Å². The molecule has 1 aliphatic rings. The van der Waals surface area contributed by atoms with E-state index in [0.717, 1.165) is 30.4 Å². The minimum Gasteiger partial charge on any atom is -0.489 e. The summed E-state index contributed by atoms with van der Waals surface area (Å²) in [4.78, 5) is 13.4. The van der Waals surface area contributed by atoms with E-state index in [2.05, 4.69) is 0 Å². The van der Waals surface area contributed by atoms with Gasteiger partial charge in [0.05, 0.1) is 11.5 Å². The van der Waals surface area contributed by atoms with E-state index in [9.17, 15) is 18.3 Å². The molecule has 1 aliphatic carbocycles. The molecule has 0 bridgehead atoms. The molecule has 0 spiro atoms. The SMILES string of the molecule is CC(CO)CO/C(C(=O)C1CCC1)=C(\c1ccc(S(C)(=O)=O)cc1)C(C)(C)C. The fourth-order valence-corrected chi connectivity index (χ4v) is 3.80. The fraction of sp³-hybridized carbons (Fsp3) is 0.591. The Kier molecular flexibility index (Phi) is 7.10. The summed E-state index contributed by atoms with van der Waals surface area (Å²) in [5, 5.41) is 9.34. The number of allylic oxidation sites excluding steroid dienone is 2. The van der Waals surface area contributed by atoms with Crippen LogP contribution in [0.2, 0.25) is 0 Å². The monoisotopic (exact) mass is 408 g/mol. The third-order valence-corrected chi connectivity index (χ3v) is 6.20. The lowest BCUT2D eigenvalue weighted by molar-refractivity contribution is -0.125. The van der Waals surface area contributed by atoms with Crippen LogP contribution in [-0.2, 0) is 19.4 Å². The Hall–Kier alpha value is -1.66. The van der Waals surface area contributed by atoms with Gasteiger partial charge >= 0.3 is 0 Å². The lowest BCUT2D eigenvalue weighted by Crippen LogP contribution is -2.28. The smallest absolute Gasteiger partial charge is 0.200 e. The van der Waals surface area contributed by atoms with Gasteiger partial charge in [0, 0.05) is 30.3 Å². The van der Waals surface area contributed by atoms with Crippen molar-refractivity contribution < 1.29 is 23.1 Å². The molecular weight excluding hydrogens is 376 g/mol. The van der Waals surface area contributed by atoms with Crippen molar-refractivity contribution in [2.75, 3.05) is 19.5 Å². The number of rotatable bonds is 8. The van der Waals surface area contributed by atoms with Gasteiger partial charge in [-0.25, -0.2) is 8.42 Å². The van der Waals surface area contributed by atoms with Crippen molar-refractivity contribution in [2.45, 2.75) is 51.9 Å². The maximum absolute atomic E-state index is 13.2. The predicted octanol–water partition coefficient (Wildman–Crippen LogP) is 3.86. The topological polar surface area (TPSA) is 80.7 Å². The number of sulfone groups is 1. The zero-order valence-electron chi connectivity index (χ0n) is 17.5. The lowest BCUT2D eigenvalue weighted by atomic mass is 9.76. The molecule has 0 saturated heterocycles. The van der Waals surface area contributed by atoms with Crippen LogP contribution >= 0.6 is 0 Å². The minimum absolute atomic E-state index is 0.00787. The van der Waals surface area contributed by atoms with Crippen LogP contribution < -0.4 is 0 Å². The quantitative estimate of drug-likeness (QED) is 0.522. The molecule has 1 N–H and O–H groups in total. The lowest BCUT2D eigenvalue weighted by Gasteiger charge is -2.31. The van der Waals surface area contributed by atoms with Gasteiger partial charge < -0.3 is 9.84 Å². The zero-order valence-corrected chi connectivity index (χ0v) is 18.3. The number of aliphatic hydroxyl groups excluding tert-OH is 1. The van der Waals surface area contributed by atoms with Crippen molar-refractivity contribution in [3.8, 4) is 0 Å². The van der Waals surface area contributed by atoms with Crippen LogP contribution in [-0.4, -0.2) is 38.8 Å². The zero-order chi connectivity index (χ0) is 21.1. The second-order valence-corrected chi connectivity index (χ2v) is 10.9. The molecule has 0 amide bonds. The van der Waals surface area contributed by atoms with Gasteiger partial charge in [0.1, 0.15) is 0 Å². The second-order valence-electron chi connectivity index (χ2n) is 8.84. The van der Waals surface area contributed by atoms with E-state index in [-0.39, 0.29) is 41.1 Å². The number of ether oxygens (including phenoxy) is 1. The number of hydrogen-bond acceptors (Lipinski definition) is 5. The molecule has 1 atom stereocenters. The van der Waals surface area contributed by atoms with E-state index in [1.807, 2.05) is 27.7 Å². The summed E-state index contributed by atoms with van der Waals surface area (Å²) >= 11 is 0. The summed E-state index contributed by atoms with van der Waals surface area (Å²) in [5.41, 5.74) is 1.16. The summed E-state index contributed by atoms with van der Waals surface area (Å²) in [6, 6.07) is 6.62. The number of aliphatic hydroxyl groups is 1. The number of Topliss-reactive ketones (excluding diaryl/α,β-unsaturated/α-hetero) is 1. The van der Waals surface area contributed by atoms with Gasteiger partial charge in [0.2, 0.25) is 5.78 Å². The summed E-state index contributed by atoms with van der Waals surface area (Å²) in [6.07, 6.45) is 3.95. The molecule has 156 valence electrons. The Labute approximate surface area is 168 Å². The fourth-order valence-electron chi connectivity index (χ4n) is 3.17. The Morgan fingerprint density at radius 3 is 2.18 bits per heavy atom. The summed E-state index contributed by atoms with van der Waals surface area (Å²) in [6.45, 7) is 8.15. The Morgan fingerprint density at radius 1 is 1.21 bits per heavy atom. The first-order chi connectivity index (χ1) is 12.9. The standard InChI is InChI=1S/C22H32O5S/c1-15(13-23)14-27-21(20(24)17-7-6-8-17)19(22(2,3)4)16-9-11-18(12-10-16)28(5,25)26/h9-12,15,17,23H,6-8,13-14H2,1-5H3/b21-19+. The van der Waals surface area contributed by atoms with Crippen molar-refractivity contribution in [3.05, 3.63) is 35.6 Å². The number of carbonyl (C=O) groups is 1. The van der Waals surface area contributed by atoms with Crippen molar-refractivity contribution in [3.63, 3.8) is 0 Å². The molecule has 6 heteroatoms. The molecule has 1 aromatic rings. The highest BCUT2D eigenvalue weighted by Crippen LogP contribution is 2.40. The highest BCUT2D eigenvalue weighted by molar-refractivity contribution is 7.90. The van der Waals surface area contributed by atoms with Crippen LogP contribution in [0, 0.1) is 17.3 Å². The average molecular weight is 409 g/mol. The van der Waals surface area contributed by atoms with Gasteiger partial charge in [0.25, 0.3) is 0 Å². The molecule has 0 heterocycles. The highest BCUT2D eigenvalue weighted by atomic mass is 32.2. The first kappa shape index (κ1) is 22.6. The van der Waals surface area contributed by atoms with E-state index in [1.165, 1.54) is 6.26 Å². The molecular formula is C22H32O5S. The first-order valence-corrected chi connectivity index (χ1v) is 11.7. The number of carbonyl (C=O) groups excluding carboxylic acids is 1. The van der Waals surface area contributed by atoms with E-state index >= 15 is 0 Å². The Morgan fingerprint density at radius 2 is 1.79 bits per heavy atom. The van der Waals surface area contributed by atoms with Crippen molar-refractivity contribution in [2.24, 2.45) is 17.3 Å². The summed E-state index contributed by atoms with van der Waals surface area (Å²) < 4.78 is 29.6. The first-order valence-electron chi connectivity index (χ1n) is 9.78. The number of hydrogen-bond donors (Lipinski definition) is 1. The van der Waals surface area contributed by atoms with Crippen LogP contribution in [0.1, 0.15) is 52.5 Å².